The number of benzene rings is 1. The summed E-state index contributed by atoms with van der Waals surface area (Å²) in [6, 6.07) is 7.70. The zero-order valence-corrected chi connectivity index (χ0v) is 10.0. The van der Waals surface area contributed by atoms with Gasteiger partial charge >= 0.3 is 0 Å². The van der Waals surface area contributed by atoms with Crippen molar-refractivity contribution in [3.05, 3.63) is 35.5 Å². The molecule has 0 bridgehead atoms. The van der Waals surface area contributed by atoms with Crippen molar-refractivity contribution in [3.8, 4) is 0 Å². The minimum Gasteiger partial charge on any atom is -0.288 e. The summed E-state index contributed by atoms with van der Waals surface area (Å²) in [4.78, 5) is 27.6. The highest BCUT2D eigenvalue weighted by Crippen LogP contribution is 2.41. The molecule has 2 amide bonds. The van der Waals surface area contributed by atoms with Gasteiger partial charge in [0.15, 0.2) is 0 Å². The van der Waals surface area contributed by atoms with Crippen molar-refractivity contribution in [1.82, 2.24) is 4.90 Å². The van der Waals surface area contributed by atoms with E-state index < -0.39 is 0 Å². The molecule has 17 heavy (non-hydrogen) atoms. The monoisotopic (exact) mass is 246 g/mol. The Morgan fingerprint density at radius 3 is 2.88 bits per heavy atom. The molecule has 0 aliphatic carbocycles. The third kappa shape index (κ3) is 1.46. The van der Waals surface area contributed by atoms with Crippen molar-refractivity contribution >= 4 is 29.3 Å². The van der Waals surface area contributed by atoms with E-state index in [-0.39, 0.29) is 18.4 Å². The average molecular weight is 246 g/mol. The van der Waals surface area contributed by atoms with E-state index >= 15 is 0 Å². The number of amides is 2. The molecule has 1 saturated heterocycles. The second-order valence-corrected chi connectivity index (χ2v) is 4.81. The topological polar surface area (TPSA) is 40.6 Å². The number of nitrogens with zero attached hydrogens (tertiary/aromatic N) is 2. The van der Waals surface area contributed by atoms with Gasteiger partial charge in [-0.05, 0) is 12.1 Å². The number of hydrogen-bond donors (Lipinski definition) is 0. The van der Waals surface area contributed by atoms with Crippen LogP contribution in [0.15, 0.2) is 40.4 Å². The largest absolute Gasteiger partial charge is 0.288 e. The van der Waals surface area contributed by atoms with E-state index in [1.807, 2.05) is 29.7 Å². The van der Waals surface area contributed by atoms with Crippen molar-refractivity contribution in [2.24, 2.45) is 0 Å². The zero-order chi connectivity index (χ0) is 12.0. The van der Waals surface area contributed by atoms with Gasteiger partial charge in [0.2, 0.25) is 5.91 Å². The molecule has 2 heterocycles. The van der Waals surface area contributed by atoms with Crippen LogP contribution in [-0.4, -0.2) is 23.3 Å². The van der Waals surface area contributed by atoms with E-state index in [0.29, 0.717) is 5.82 Å². The molecule has 0 aromatic heterocycles. The Bertz CT molecular complexity index is 553. The molecular formula is C12H10N2O2S. The fraction of sp³-hybridized carbons (Fsp3) is 0.167. The predicted molar refractivity (Wildman–Crippen MR) is 65.3 cm³/mol. The van der Waals surface area contributed by atoms with Crippen molar-refractivity contribution in [2.45, 2.75) is 11.8 Å². The van der Waals surface area contributed by atoms with Gasteiger partial charge in [0.1, 0.15) is 12.4 Å². The maximum atomic E-state index is 12.0. The summed E-state index contributed by atoms with van der Waals surface area (Å²) >= 11 is 1.54. The van der Waals surface area contributed by atoms with Gasteiger partial charge < -0.3 is 0 Å². The minimum absolute atomic E-state index is 0.0563. The Labute approximate surface area is 103 Å². The summed E-state index contributed by atoms with van der Waals surface area (Å²) in [7, 11) is 0. The highest BCUT2D eigenvalue weighted by molar-refractivity contribution is 8.02. The van der Waals surface area contributed by atoms with Crippen molar-refractivity contribution in [3.63, 3.8) is 0 Å². The molecule has 0 saturated carbocycles. The third-order valence-electron chi connectivity index (χ3n) is 2.83. The minimum atomic E-state index is -0.105. The molecule has 0 spiro atoms. The molecule has 5 heteroatoms. The molecule has 3 rings (SSSR count). The normalized spacial score (nSPS) is 17.7. The number of carbonyl (C=O) groups is 2. The van der Waals surface area contributed by atoms with Crippen LogP contribution in [0.3, 0.4) is 0 Å². The molecule has 1 fully saturated rings. The SMILES string of the molecule is CC(=O)N1CC(=O)N2C1=CSc1ccccc12. The number of para-hydroxylation sites is 1. The van der Waals surface area contributed by atoms with Gasteiger partial charge in [0, 0.05) is 17.2 Å². The summed E-state index contributed by atoms with van der Waals surface area (Å²) in [6.45, 7) is 1.61. The highest BCUT2D eigenvalue weighted by atomic mass is 32.2. The predicted octanol–water partition coefficient (Wildman–Crippen LogP) is 1.79. The van der Waals surface area contributed by atoms with Gasteiger partial charge in [-0.15, -0.1) is 0 Å². The lowest BCUT2D eigenvalue weighted by Crippen LogP contribution is -2.28. The van der Waals surface area contributed by atoms with E-state index in [4.69, 9.17) is 0 Å². The van der Waals surface area contributed by atoms with Crippen LogP contribution in [0, 0.1) is 0 Å². The first-order chi connectivity index (χ1) is 8.18. The lowest BCUT2D eigenvalue weighted by Gasteiger charge is -2.26. The second-order valence-electron chi connectivity index (χ2n) is 3.90. The highest BCUT2D eigenvalue weighted by Gasteiger charge is 2.38. The molecule has 0 N–H and O–H groups in total. The standard InChI is InChI=1S/C12H10N2O2S/c1-8(15)13-6-12(16)14-9-4-2-3-5-10(9)17-7-11(13)14/h2-5,7H,6H2,1H3. The van der Waals surface area contributed by atoms with Crippen LogP contribution in [0.1, 0.15) is 6.92 Å². The molecule has 1 aromatic carbocycles. The first-order valence-electron chi connectivity index (χ1n) is 5.25. The lowest BCUT2D eigenvalue weighted by atomic mass is 10.3. The molecule has 2 aliphatic rings. The van der Waals surface area contributed by atoms with Gasteiger partial charge in [-0.3, -0.25) is 19.4 Å². The summed E-state index contributed by atoms with van der Waals surface area (Å²) < 4.78 is 0. The van der Waals surface area contributed by atoms with E-state index in [9.17, 15) is 9.59 Å². The Morgan fingerprint density at radius 2 is 2.12 bits per heavy atom. The van der Waals surface area contributed by atoms with E-state index in [1.54, 1.807) is 4.90 Å². The molecule has 4 nitrogen and oxygen atoms in total. The van der Waals surface area contributed by atoms with Crippen LogP contribution in [0.4, 0.5) is 5.69 Å². The zero-order valence-electron chi connectivity index (χ0n) is 9.21. The number of hydrogen-bond acceptors (Lipinski definition) is 3. The number of anilines is 1. The Morgan fingerprint density at radius 1 is 1.35 bits per heavy atom. The van der Waals surface area contributed by atoms with Crippen LogP contribution < -0.4 is 4.90 Å². The third-order valence-corrected chi connectivity index (χ3v) is 3.75. The van der Waals surface area contributed by atoms with Crippen LogP contribution in [0.5, 0.6) is 0 Å². The summed E-state index contributed by atoms with van der Waals surface area (Å²) in [5, 5.41) is 1.86. The van der Waals surface area contributed by atoms with Crippen LogP contribution in [-0.2, 0) is 9.59 Å². The van der Waals surface area contributed by atoms with Gasteiger partial charge in [-0.25, -0.2) is 0 Å². The first kappa shape index (κ1) is 10.4. The number of rotatable bonds is 0. The van der Waals surface area contributed by atoms with Crippen LogP contribution in [0.2, 0.25) is 0 Å². The average Bonchev–Trinajstić information content (AvgIpc) is 2.67. The van der Waals surface area contributed by atoms with Gasteiger partial charge in [-0.2, -0.15) is 0 Å². The molecule has 86 valence electrons. The quantitative estimate of drug-likeness (QED) is 0.700. The Balaban J connectivity index is 2.10. The molecule has 2 aliphatic heterocycles. The number of thioether (sulfide) groups is 1. The molecule has 0 unspecified atom stereocenters. The molecule has 1 aromatic rings. The summed E-state index contributed by atoms with van der Waals surface area (Å²) in [5.74, 6) is 0.512. The van der Waals surface area contributed by atoms with E-state index in [1.165, 1.54) is 23.6 Å². The fourth-order valence-electron chi connectivity index (χ4n) is 2.04. The fourth-order valence-corrected chi connectivity index (χ4v) is 2.94. The van der Waals surface area contributed by atoms with Crippen molar-refractivity contribution in [2.75, 3.05) is 11.4 Å². The maximum absolute atomic E-state index is 12.0. The van der Waals surface area contributed by atoms with Gasteiger partial charge in [0.25, 0.3) is 5.91 Å². The van der Waals surface area contributed by atoms with Crippen LogP contribution >= 0.6 is 11.8 Å². The first-order valence-corrected chi connectivity index (χ1v) is 6.13. The van der Waals surface area contributed by atoms with E-state index in [2.05, 4.69) is 0 Å². The van der Waals surface area contributed by atoms with Crippen LogP contribution in [0.25, 0.3) is 0 Å². The second kappa shape index (κ2) is 3.63. The van der Waals surface area contributed by atoms with Gasteiger partial charge in [-0.1, -0.05) is 23.9 Å². The van der Waals surface area contributed by atoms with Crippen molar-refractivity contribution in [1.29, 1.82) is 0 Å². The van der Waals surface area contributed by atoms with Crippen molar-refractivity contribution < 1.29 is 9.59 Å². The molecule has 0 radical (unpaired) electrons. The Kier molecular flexibility index (Phi) is 2.22. The molecule has 0 atom stereocenters. The number of carbonyl (C=O) groups excluding carboxylic acids is 2. The summed E-state index contributed by atoms with van der Waals surface area (Å²) in [5.41, 5.74) is 0.865. The lowest BCUT2D eigenvalue weighted by molar-refractivity contribution is -0.128. The molecular weight excluding hydrogens is 236 g/mol. The van der Waals surface area contributed by atoms with Gasteiger partial charge in [0.05, 0.1) is 5.69 Å². The smallest absolute Gasteiger partial charge is 0.252 e. The number of fused-ring (bicyclic) bond motifs is 3. The maximum Gasteiger partial charge on any atom is 0.252 e. The Hall–Kier alpha value is -1.75. The van der Waals surface area contributed by atoms with E-state index in [0.717, 1.165) is 10.6 Å². The summed E-state index contributed by atoms with van der Waals surface area (Å²) in [6.07, 6.45) is 0.